The number of carbonyl (C=O) groups is 2. The zero-order valence-electron chi connectivity index (χ0n) is 12.4. The van der Waals surface area contributed by atoms with E-state index in [0.717, 1.165) is 5.69 Å². The highest BCUT2D eigenvalue weighted by Crippen LogP contribution is 2.25. The maximum Gasteiger partial charge on any atom is 0.320 e. The van der Waals surface area contributed by atoms with Gasteiger partial charge in [0.25, 0.3) is 0 Å². The molecule has 2 heterocycles. The topological polar surface area (TPSA) is 73.7 Å². The monoisotopic (exact) mass is 291 g/mol. The molecule has 2 unspecified atom stereocenters. The van der Waals surface area contributed by atoms with Gasteiger partial charge in [-0.25, -0.2) is 4.79 Å². The largest absolute Gasteiger partial charge is 0.481 e. The first-order valence-corrected chi connectivity index (χ1v) is 7.22. The molecule has 2 amide bonds. The van der Waals surface area contributed by atoms with E-state index in [1.807, 2.05) is 25.1 Å². The Morgan fingerprint density at radius 2 is 2.24 bits per heavy atom. The highest BCUT2D eigenvalue weighted by atomic mass is 16.4. The Bertz CT molecular complexity index is 506. The molecule has 0 aromatic carbocycles. The lowest BCUT2D eigenvalue weighted by Gasteiger charge is -2.30. The van der Waals surface area contributed by atoms with Gasteiger partial charge in [-0.3, -0.25) is 9.78 Å². The molecule has 1 saturated heterocycles. The Hall–Kier alpha value is -2.11. The van der Waals surface area contributed by atoms with Crippen molar-refractivity contribution in [3.8, 4) is 0 Å². The number of rotatable bonds is 4. The lowest BCUT2D eigenvalue weighted by Crippen LogP contribution is -2.46. The smallest absolute Gasteiger partial charge is 0.320 e. The van der Waals surface area contributed by atoms with Crippen molar-refractivity contribution in [3.63, 3.8) is 0 Å². The summed E-state index contributed by atoms with van der Waals surface area (Å²) in [5, 5.41) is 9.15. The standard InChI is InChI=1S/C15H21N3O3/c1-3-17(10-12-6-4-5-8-16-12)15(21)18-9-7-13(11(18)2)14(19)20/h4-6,8,11,13H,3,7,9-10H2,1-2H3,(H,19,20). The van der Waals surface area contributed by atoms with Crippen molar-refractivity contribution < 1.29 is 14.7 Å². The lowest BCUT2D eigenvalue weighted by molar-refractivity contribution is -0.142. The van der Waals surface area contributed by atoms with Crippen molar-refractivity contribution in [2.75, 3.05) is 13.1 Å². The summed E-state index contributed by atoms with van der Waals surface area (Å²) in [7, 11) is 0. The second-order valence-corrected chi connectivity index (χ2v) is 5.29. The third-order valence-corrected chi connectivity index (χ3v) is 4.05. The Labute approximate surface area is 124 Å². The average Bonchev–Trinajstić information content (AvgIpc) is 2.87. The molecule has 0 spiro atoms. The highest BCUT2D eigenvalue weighted by molar-refractivity contribution is 5.78. The van der Waals surface area contributed by atoms with Gasteiger partial charge in [0.15, 0.2) is 0 Å². The second kappa shape index (κ2) is 6.56. The minimum Gasteiger partial charge on any atom is -0.481 e. The first-order valence-electron chi connectivity index (χ1n) is 7.22. The van der Waals surface area contributed by atoms with Crippen LogP contribution in [0.1, 0.15) is 26.0 Å². The number of aromatic nitrogens is 1. The third-order valence-electron chi connectivity index (χ3n) is 4.05. The van der Waals surface area contributed by atoms with Crippen LogP contribution in [0.2, 0.25) is 0 Å². The molecule has 2 atom stereocenters. The number of carbonyl (C=O) groups excluding carboxylic acids is 1. The van der Waals surface area contributed by atoms with Gasteiger partial charge in [-0.05, 0) is 32.4 Å². The van der Waals surface area contributed by atoms with Crippen LogP contribution >= 0.6 is 0 Å². The Morgan fingerprint density at radius 1 is 1.48 bits per heavy atom. The Kier molecular flexibility index (Phi) is 4.77. The molecule has 0 radical (unpaired) electrons. The zero-order valence-corrected chi connectivity index (χ0v) is 12.4. The fourth-order valence-corrected chi connectivity index (χ4v) is 2.72. The molecule has 21 heavy (non-hydrogen) atoms. The van der Waals surface area contributed by atoms with Crippen molar-refractivity contribution in [1.29, 1.82) is 0 Å². The first-order chi connectivity index (χ1) is 10.0. The van der Waals surface area contributed by atoms with Gasteiger partial charge in [0.05, 0.1) is 18.2 Å². The number of aliphatic carboxylic acids is 1. The van der Waals surface area contributed by atoms with E-state index in [4.69, 9.17) is 5.11 Å². The molecule has 1 fully saturated rings. The van der Waals surface area contributed by atoms with Crippen LogP contribution in [-0.4, -0.2) is 51.0 Å². The van der Waals surface area contributed by atoms with Gasteiger partial charge >= 0.3 is 12.0 Å². The normalized spacial score (nSPS) is 21.3. The Morgan fingerprint density at radius 3 is 2.76 bits per heavy atom. The molecule has 1 aliphatic heterocycles. The molecular formula is C15H21N3O3. The molecule has 114 valence electrons. The van der Waals surface area contributed by atoms with Crippen LogP contribution in [0.25, 0.3) is 0 Å². The van der Waals surface area contributed by atoms with Gasteiger partial charge < -0.3 is 14.9 Å². The number of pyridine rings is 1. The summed E-state index contributed by atoms with van der Waals surface area (Å²) in [5.74, 6) is -1.30. The summed E-state index contributed by atoms with van der Waals surface area (Å²) < 4.78 is 0. The number of carboxylic acid groups (broad SMARTS) is 1. The molecule has 6 heteroatoms. The number of hydrogen-bond donors (Lipinski definition) is 1. The number of hydrogen-bond acceptors (Lipinski definition) is 3. The summed E-state index contributed by atoms with van der Waals surface area (Å²) in [4.78, 5) is 31.3. The summed E-state index contributed by atoms with van der Waals surface area (Å²) >= 11 is 0. The molecule has 1 aliphatic rings. The summed E-state index contributed by atoms with van der Waals surface area (Å²) in [6.45, 7) is 5.22. The minimum atomic E-state index is -0.828. The van der Waals surface area contributed by atoms with Crippen LogP contribution in [0.3, 0.4) is 0 Å². The number of urea groups is 1. The number of carboxylic acids is 1. The van der Waals surface area contributed by atoms with Crippen LogP contribution < -0.4 is 0 Å². The fraction of sp³-hybridized carbons (Fsp3) is 0.533. The van der Waals surface area contributed by atoms with Crippen molar-refractivity contribution in [1.82, 2.24) is 14.8 Å². The van der Waals surface area contributed by atoms with Crippen LogP contribution in [0.4, 0.5) is 4.79 Å². The van der Waals surface area contributed by atoms with Gasteiger partial charge in [-0.2, -0.15) is 0 Å². The maximum absolute atomic E-state index is 12.6. The van der Waals surface area contributed by atoms with Gasteiger partial charge in [0.2, 0.25) is 0 Å². The molecule has 1 aromatic rings. The molecule has 0 bridgehead atoms. The molecule has 1 N–H and O–H groups in total. The molecule has 0 aliphatic carbocycles. The number of likely N-dealkylation sites (tertiary alicyclic amines) is 1. The van der Waals surface area contributed by atoms with Crippen LogP contribution in [0.15, 0.2) is 24.4 Å². The molecule has 0 saturated carbocycles. The van der Waals surface area contributed by atoms with E-state index in [1.165, 1.54) is 0 Å². The number of nitrogens with zero attached hydrogens (tertiary/aromatic N) is 3. The van der Waals surface area contributed by atoms with E-state index >= 15 is 0 Å². The van der Waals surface area contributed by atoms with Crippen molar-refractivity contribution in [3.05, 3.63) is 30.1 Å². The fourth-order valence-electron chi connectivity index (χ4n) is 2.72. The van der Waals surface area contributed by atoms with E-state index in [1.54, 1.807) is 22.9 Å². The van der Waals surface area contributed by atoms with Crippen molar-refractivity contribution in [2.24, 2.45) is 5.92 Å². The van der Waals surface area contributed by atoms with Crippen LogP contribution in [0.5, 0.6) is 0 Å². The van der Waals surface area contributed by atoms with E-state index in [-0.39, 0.29) is 12.1 Å². The zero-order chi connectivity index (χ0) is 15.4. The predicted molar refractivity (Wildman–Crippen MR) is 77.6 cm³/mol. The van der Waals surface area contributed by atoms with E-state index in [2.05, 4.69) is 4.98 Å². The quantitative estimate of drug-likeness (QED) is 0.918. The van der Waals surface area contributed by atoms with Crippen LogP contribution in [-0.2, 0) is 11.3 Å². The van der Waals surface area contributed by atoms with E-state index in [9.17, 15) is 9.59 Å². The molecule has 6 nitrogen and oxygen atoms in total. The Balaban J connectivity index is 2.05. The summed E-state index contributed by atoms with van der Waals surface area (Å²) in [5.41, 5.74) is 0.828. The van der Waals surface area contributed by atoms with Crippen molar-refractivity contribution in [2.45, 2.75) is 32.9 Å². The summed E-state index contributed by atoms with van der Waals surface area (Å²) in [6, 6.07) is 5.22. The highest BCUT2D eigenvalue weighted by Gasteiger charge is 2.39. The molecule has 1 aromatic heterocycles. The van der Waals surface area contributed by atoms with Gasteiger partial charge in [-0.1, -0.05) is 6.07 Å². The lowest BCUT2D eigenvalue weighted by atomic mass is 10.0. The van der Waals surface area contributed by atoms with Gasteiger partial charge in [0.1, 0.15) is 0 Å². The van der Waals surface area contributed by atoms with E-state index < -0.39 is 11.9 Å². The summed E-state index contributed by atoms with van der Waals surface area (Å²) in [6.07, 6.45) is 2.22. The molecule has 2 rings (SSSR count). The average molecular weight is 291 g/mol. The predicted octanol–water partition coefficient (Wildman–Crippen LogP) is 1.82. The molecular weight excluding hydrogens is 270 g/mol. The van der Waals surface area contributed by atoms with Gasteiger partial charge in [0, 0.05) is 25.3 Å². The minimum absolute atomic E-state index is 0.112. The van der Waals surface area contributed by atoms with Crippen molar-refractivity contribution >= 4 is 12.0 Å². The third kappa shape index (κ3) is 3.32. The van der Waals surface area contributed by atoms with Crippen LogP contribution in [0, 0.1) is 5.92 Å². The first kappa shape index (κ1) is 15.3. The van der Waals surface area contributed by atoms with Gasteiger partial charge in [-0.15, -0.1) is 0 Å². The second-order valence-electron chi connectivity index (χ2n) is 5.29. The van der Waals surface area contributed by atoms with E-state index in [0.29, 0.717) is 26.1 Å². The SMILES string of the molecule is CCN(Cc1ccccn1)C(=O)N1CCC(C(=O)O)C1C. The maximum atomic E-state index is 12.6. The number of amides is 2.